The van der Waals surface area contributed by atoms with Gasteiger partial charge in [-0.3, -0.25) is 4.79 Å². The standard InChI is InChI=1S/C15H18N4O/c1-10-9-12-11(3-2-4-13(12)16)14(18-10)15(20)19-7-5-17-6-8-19/h2-4,9,17H,5-8,16H2,1H3. The molecule has 1 saturated heterocycles. The number of nitrogen functional groups attached to an aromatic ring is 1. The summed E-state index contributed by atoms with van der Waals surface area (Å²) in [5.41, 5.74) is 8.01. The predicted molar refractivity (Wildman–Crippen MR) is 79.7 cm³/mol. The molecule has 0 bridgehead atoms. The topological polar surface area (TPSA) is 71.2 Å². The number of nitrogens with one attached hydrogen (secondary N) is 1. The Kier molecular flexibility index (Phi) is 3.28. The van der Waals surface area contributed by atoms with Crippen LogP contribution in [0.3, 0.4) is 0 Å². The summed E-state index contributed by atoms with van der Waals surface area (Å²) < 4.78 is 0. The van der Waals surface area contributed by atoms with Crippen molar-refractivity contribution in [2.45, 2.75) is 6.92 Å². The Labute approximate surface area is 117 Å². The first-order valence-electron chi connectivity index (χ1n) is 6.82. The van der Waals surface area contributed by atoms with Crippen molar-refractivity contribution in [3.05, 3.63) is 35.7 Å². The largest absolute Gasteiger partial charge is 0.398 e. The molecule has 5 heteroatoms. The zero-order valence-electron chi connectivity index (χ0n) is 11.5. The molecule has 0 unspecified atom stereocenters. The second kappa shape index (κ2) is 5.09. The Morgan fingerprint density at radius 3 is 2.80 bits per heavy atom. The van der Waals surface area contributed by atoms with Crippen LogP contribution in [0.1, 0.15) is 16.2 Å². The van der Waals surface area contributed by atoms with Gasteiger partial charge in [0.25, 0.3) is 5.91 Å². The van der Waals surface area contributed by atoms with Crippen LogP contribution in [0.25, 0.3) is 10.8 Å². The Morgan fingerprint density at radius 1 is 1.30 bits per heavy atom. The van der Waals surface area contributed by atoms with Crippen molar-refractivity contribution in [2.24, 2.45) is 0 Å². The number of rotatable bonds is 1. The predicted octanol–water partition coefficient (Wildman–Crippen LogP) is 1.17. The van der Waals surface area contributed by atoms with Gasteiger partial charge in [0.2, 0.25) is 0 Å². The van der Waals surface area contributed by atoms with Crippen LogP contribution in [0.15, 0.2) is 24.3 Å². The molecule has 0 atom stereocenters. The van der Waals surface area contributed by atoms with Crippen molar-refractivity contribution in [3.8, 4) is 0 Å². The summed E-state index contributed by atoms with van der Waals surface area (Å²) in [5, 5.41) is 4.98. The maximum Gasteiger partial charge on any atom is 0.273 e. The lowest BCUT2D eigenvalue weighted by atomic mass is 10.1. The summed E-state index contributed by atoms with van der Waals surface area (Å²) >= 11 is 0. The monoisotopic (exact) mass is 270 g/mol. The van der Waals surface area contributed by atoms with E-state index < -0.39 is 0 Å². The van der Waals surface area contributed by atoms with Crippen LogP contribution >= 0.6 is 0 Å². The molecular weight excluding hydrogens is 252 g/mol. The Hall–Kier alpha value is -2.14. The van der Waals surface area contributed by atoms with Crippen molar-refractivity contribution in [1.29, 1.82) is 0 Å². The lowest BCUT2D eigenvalue weighted by Crippen LogP contribution is -2.46. The van der Waals surface area contributed by atoms with Gasteiger partial charge in [-0.05, 0) is 19.1 Å². The maximum absolute atomic E-state index is 12.7. The SMILES string of the molecule is Cc1cc2c(N)cccc2c(C(=O)N2CCNCC2)n1. The summed E-state index contributed by atoms with van der Waals surface area (Å²) in [6, 6.07) is 7.55. The van der Waals surface area contributed by atoms with Crippen LogP contribution < -0.4 is 11.1 Å². The first-order valence-corrected chi connectivity index (χ1v) is 6.82. The molecule has 0 aliphatic carbocycles. The lowest BCUT2D eigenvalue weighted by molar-refractivity contribution is 0.0732. The highest BCUT2D eigenvalue weighted by molar-refractivity contribution is 6.08. The first kappa shape index (κ1) is 12.9. The van der Waals surface area contributed by atoms with Crippen LogP contribution in [0.5, 0.6) is 0 Å². The summed E-state index contributed by atoms with van der Waals surface area (Å²) in [7, 11) is 0. The second-order valence-electron chi connectivity index (χ2n) is 5.10. The fraction of sp³-hybridized carbons (Fsp3) is 0.333. The van der Waals surface area contributed by atoms with Crippen LogP contribution in [-0.4, -0.2) is 42.0 Å². The van der Waals surface area contributed by atoms with Gasteiger partial charge in [-0.2, -0.15) is 0 Å². The zero-order valence-corrected chi connectivity index (χ0v) is 11.5. The van der Waals surface area contributed by atoms with Crippen LogP contribution in [0, 0.1) is 6.92 Å². The number of pyridine rings is 1. The molecule has 1 fully saturated rings. The third-order valence-corrected chi connectivity index (χ3v) is 3.64. The second-order valence-corrected chi connectivity index (χ2v) is 5.10. The smallest absolute Gasteiger partial charge is 0.273 e. The fourth-order valence-electron chi connectivity index (χ4n) is 2.61. The molecule has 1 aliphatic rings. The van der Waals surface area contributed by atoms with Gasteiger partial charge in [0.1, 0.15) is 5.69 Å². The number of benzene rings is 1. The third kappa shape index (κ3) is 2.20. The van der Waals surface area contributed by atoms with Gasteiger partial charge in [-0.15, -0.1) is 0 Å². The van der Waals surface area contributed by atoms with E-state index in [2.05, 4.69) is 10.3 Å². The third-order valence-electron chi connectivity index (χ3n) is 3.64. The number of piperazine rings is 1. The number of carbonyl (C=O) groups excluding carboxylic acids is 1. The summed E-state index contributed by atoms with van der Waals surface area (Å²) in [4.78, 5) is 19.0. The Bertz CT molecular complexity index is 662. The molecule has 0 radical (unpaired) electrons. The van der Waals surface area contributed by atoms with Gasteiger partial charge >= 0.3 is 0 Å². The molecule has 1 aromatic heterocycles. The van der Waals surface area contributed by atoms with Crippen molar-refractivity contribution in [3.63, 3.8) is 0 Å². The van der Waals surface area contributed by atoms with Gasteiger partial charge in [-0.25, -0.2) is 4.98 Å². The average molecular weight is 270 g/mol. The highest BCUT2D eigenvalue weighted by Crippen LogP contribution is 2.25. The van der Waals surface area contributed by atoms with Gasteiger partial charge in [-0.1, -0.05) is 12.1 Å². The van der Waals surface area contributed by atoms with E-state index >= 15 is 0 Å². The van der Waals surface area contributed by atoms with E-state index in [1.165, 1.54) is 0 Å². The number of aryl methyl sites for hydroxylation is 1. The Morgan fingerprint density at radius 2 is 2.05 bits per heavy atom. The molecule has 1 amide bonds. The lowest BCUT2D eigenvalue weighted by Gasteiger charge is -2.27. The minimum absolute atomic E-state index is 0.00852. The summed E-state index contributed by atoms with van der Waals surface area (Å²) in [6.45, 7) is 4.99. The Balaban J connectivity index is 2.10. The molecule has 1 aliphatic heterocycles. The van der Waals surface area contributed by atoms with E-state index in [0.29, 0.717) is 11.4 Å². The number of fused-ring (bicyclic) bond motifs is 1. The highest BCUT2D eigenvalue weighted by Gasteiger charge is 2.21. The van der Waals surface area contributed by atoms with Gasteiger partial charge in [0.15, 0.2) is 0 Å². The average Bonchev–Trinajstić information content (AvgIpc) is 2.48. The van der Waals surface area contributed by atoms with Crippen molar-refractivity contribution in [1.82, 2.24) is 15.2 Å². The molecule has 3 N–H and O–H groups in total. The molecule has 1 aromatic carbocycles. The van der Waals surface area contributed by atoms with Gasteiger partial charge in [0, 0.05) is 48.3 Å². The van der Waals surface area contributed by atoms with Crippen molar-refractivity contribution in [2.75, 3.05) is 31.9 Å². The molecule has 2 aromatic rings. The minimum Gasteiger partial charge on any atom is -0.398 e. The number of amides is 1. The molecular formula is C15H18N4O. The quantitative estimate of drug-likeness (QED) is 0.763. The molecule has 104 valence electrons. The minimum atomic E-state index is -0.00852. The molecule has 0 spiro atoms. The summed E-state index contributed by atoms with van der Waals surface area (Å²) in [6.07, 6.45) is 0. The number of nitrogens with zero attached hydrogens (tertiary/aromatic N) is 2. The maximum atomic E-state index is 12.7. The fourth-order valence-corrected chi connectivity index (χ4v) is 2.61. The van der Waals surface area contributed by atoms with E-state index in [0.717, 1.165) is 42.6 Å². The number of anilines is 1. The van der Waals surface area contributed by atoms with Crippen LogP contribution in [0.4, 0.5) is 5.69 Å². The van der Waals surface area contributed by atoms with Gasteiger partial charge in [0.05, 0.1) is 0 Å². The van der Waals surface area contributed by atoms with Crippen molar-refractivity contribution >= 4 is 22.4 Å². The normalized spacial score (nSPS) is 15.6. The number of hydrogen-bond donors (Lipinski definition) is 2. The van der Waals surface area contributed by atoms with E-state index in [4.69, 9.17) is 5.73 Å². The molecule has 2 heterocycles. The number of nitrogens with two attached hydrogens (primary N) is 1. The van der Waals surface area contributed by atoms with E-state index in [1.807, 2.05) is 36.1 Å². The highest BCUT2D eigenvalue weighted by atomic mass is 16.2. The molecule has 20 heavy (non-hydrogen) atoms. The van der Waals surface area contributed by atoms with Crippen molar-refractivity contribution < 1.29 is 4.79 Å². The molecule has 5 nitrogen and oxygen atoms in total. The van der Waals surface area contributed by atoms with Crippen LogP contribution in [0.2, 0.25) is 0 Å². The molecule has 0 saturated carbocycles. The van der Waals surface area contributed by atoms with E-state index in [-0.39, 0.29) is 5.91 Å². The van der Waals surface area contributed by atoms with E-state index in [1.54, 1.807) is 0 Å². The number of aromatic nitrogens is 1. The number of carbonyl (C=O) groups is 1. The van der Waals surface area contributed by atoms with Crippen LogP contribution in [-0.2, 0) is 0 Å². The van der Waals surface area contributed by atoms with E-state index in [9.17, 15) is 4.79 Å². The summed E-state index contributed by atoms with van der Waals surface area (Å²) in [5.74, 6) is -0.00852. The van der Waals surface area contributed by atoms with Gasteiger partial charge < -0.3 is 16.0 Å². The zero-order chi connectivity index (χ0) is 14.1. The molecule has 3 rings (SSSR count). The first-order chi connectivity index (χ1) is 9.66. The number of hydrogen-bond acceptors (Lipinski definition) is 4.